The number of nitrogens with zero attached hydrogens (tertiary/aromatic N) is 3. The molecule has 0 aromatic rings. The fourth-order valence-corrected chi connectivity index (χ4v) is 1.75. The molecule has 0 aromatic carbocycles. The van der Waals surface area contributed by atoms with Crippen LogP contribution >= 0.6 is 58.0 Å². The van der Waals surface area contributed by atoms with Gasteiger partial charge in [0.05, 0.1) is 0 Å². The third kappa shape index (κ3) is 2.92. The smallest absolute Gasteiger partial charge is 0.296 e. The van der Waals surface area contributed by atoms with Gasteiger partial charge in [0.15, 0.2) is 0 Å². The van der Waals surface area contributed by atoms with Crippen LogP contribution in [0, 0.1) is 0 Å². The molecule has 0 aromatic heterocycles. The first-order valence-electron chi connectivity index (χ1n) is 3.95. The monoisotopic (exact) mass is 351 g/mol. The van der Waals surface area contributed by atoms with Crippen LogP contribution in [0.2, 0.25) is 0 Å². The lowest BCUT2D eigenvalue weighted by molar-refractivity contribution is -0.206. The fraction of sp³-hybridized carbons (Fsp3) is 0.833. The van der Waals surface area contributed by atoms with Crippen molar-refractivity contribution >= 4 is 64.3 Å². The molecule has 0 radical (unpaired) electrons. The van der Waals surface area contributed by atoms with Crippen LogP contribution in [-0.2, 0) is 0 Å². The Morgan fingerprint density at radius 1 is 1.12 bits per heavy atom. The highest BCUT2D eigenvalue weighted by Gasteiger charge is 2.60. The van der Waals surface area contributed by atoms with Crippen molar-refractivity contribution in [2.24, 2.45) is 5.10 Å². The Kier molecular flexibility index (Phi) is 4.18. The average Bonchev–Trinajstić information content (AvgIpc) is 2.44. The molecule has 1 rings (SSSR count). The zero-order valence-electron chi connectivity index (χ0n) is 8.02. The van der Waals surface area contributed by atoms with Gasteiger partial charge < -0.3 is 0 Å². The maximum absolute atomic E-state index is 12.8. The third-order valence-corrected chi connectivity index (χ3v) is 4.29. The summed E-state index contributed by atoms with van der Waals surface area (Å²) in [4.78, 5) is 0.420. The van der Waals surface area contributed by atoms with Gasteiger partial charge in [0.1, 0.15) is 6.34 Å². The zero-order valence-corrected chi connectivity index (χ0v) is 11.8. The minimum absolute atomic E-state index is 0.420. The van der Waals surface area contributed by atoms with Gasteiger partial charge in [0.25, 0.3) is 0 Å². The number of halogens is 8. The van der Waals surface area contributed by atoms with E-state index < -0.39 is 20.6 Å². The summed E-state index contributed by atoms with van der Waals surface area (Å²) < 4.78 is 33.5. The molecule has 11 heteroatoms. The molecule has 100 valence electrons. The van der Waals surface area contributed by atoms with Gasteiger partial charge in [-0.25, -0.2) is 0 Å². The van der Waals surface area contributed by atoms with E-state index in [2.05, 4.69) is 5.10 Å². The molecule has 0 aliphatic carbocycles. The number of hydrazone groups is 1. The summed E-state index contributed by atoms with van der Waals surface area (Å²) in [5.74, 6) is 0. The van der Waals surface area contributed by atoms with Crippen molar-refractivity contribution in [3.63, 3.8) is 0 Å². The van der Waals surface area contributed by atoms with Gasteiger partial charge in [-0.1, -0.05) is 58.0 Å². The zero-order chi connectivity index (χ0) is 13.6. The summed E-state index contributed by atoms with van der Waals surface area (Å²) >= 11 is 27.7. The molecule has 0 N–H and O–H groups in total. The van der Waals surface area contributed by atoms with Crippen LogP contribution in [0.15, 0.2) is 5.10 Å². The highest BCUT2D eigenvalue weighted by Crippen LogP contribution is 2.50. The molecule has 0 fully saturated rings. The molecule has 1 atom stereocenters. The topological polar surface area (TPSA) is 18.8 Å². The van der Waals surface area contributed by atoms with Crippen molar-refractivity contribution in [2.75, 3.05) is 7.05 Å². The number of hydrogen-bond donors (Lipinski definition) is 0. The van der Waals surface area contributed by atoms with Crippen molar-refractivity contribution in [1.82, 2.24) is 9.91 Å². The first-order chi connectivity index (χ1) is 7.39. The van der Waals surface area contributed by atoms with Gasteiger partial charge in [-0.05, 0) is 0 Å². The standard InChI is InChI=1S/C6H5Cl5F3N3/c1-16-3(4(12,13)14)17(2-15-16)6(10,11)5(7,8)9/h2-3H,1H3. The van der Waals surface area contributed by atoms with Crippen molar-refractivity contribution < 1.29 is 13.2 Å². The Hall–Kier alpha value is 0.510. The molecule has 0 saturated carbocycles. The predicted octanol–water partition coefficient (Wildman–Crippen LogP) is 3.57. The number of hydrogen-bond acceptors (Lipinski definition) is 3. The summed E-state index contributed by atoms with van der Waals surface area (Å²) in [6.45, 7) is 0. The van der Waals surface area contributed by atoms with Gasteiger partial charge in [0, 0.05) is 7.05 Å². The van der Waals surface area contributed by atoms with E-state index in [9.17, 15) is 13.2 Å². The summed E-state index contributed by atoms with van der Waals surface area (Å²) in [6, 6.07) is 0. The van der Waals surface area contributed by atoms with E-state index in [1.807, 2.05) is 0 Å². The van der Waals surface area contributed by atoms with Crippen LogP contribution in [-0.4, -0.2) is 43.9 Å². The van der Waals surface area contributed by atoms with E-state index in [0.717, 1.165) is 13.4 Å². The normalized spacial score (nSPS) is 22.5. The van der Waals surface area contributed by atoms with Crippen molar-refractivity contribution in [2.45, 2.75) is 20.6 Å². The van der Waals surface area contributed by atoms with E-state index in [0.29, 0.717) is 9.91 Å². The maximum atomic E-state index is 12.8. The molecule has 0 saturated heterocycles. The van der Waals surface area contributed by atoms with Crippen molar-refractivity contribution in [1.29, 1.82) is 0 Å². The van der Waals surface area contributed by atoms with Crippen LogP contribution in [0.4, 0.5) is 13.2 Å². The summed E-state index contributed by atoms with van der Waals surface area (Å²) in [5, 5.41) is 4.02. The van der Waals surface area contributed by atoms with E-state index in [-0.39, 0.29) is 0 Å². The van der Waals surface area contributed by atoms with E-state index in [4.69, 9.17) is 58.0 Å². The van der Waals surface area contributed by atoms with Crippen LogP contribution in [0.5, 0.6) is 0 Å². The van der Waals surface area contributed by atoms with E-state index in [1.165, 1.54) is 0 Å². The van der Waals surface area contributed by atoms with Crippen LogP contribution < -0.4 is 0 Å². The summed E-state index contributed by atoms with van der Waals surface area (Å²) in [6.07, 6.45) is -6.11. The van der Waals surface area contributed by atoms with Crippen LogP contribution in [0.25, 0.3) is 0 Å². The largest absolute Gasteiger partial charge is 0.429 e. The minimum Gasteiger partial charge on any atom is -0.296 e. The highest BCUT2D eigenvalue weighted by molar-refractivity contribution is 6.75. The maximum Gasteiger partial charge on any atom is 0.429 e. The predicted molar refractivity (Wildman–Crippen MR) is 62.7 cm³/mol. The lowest BCUT2D eigenvalue weighted by Crippen LogP contribution is -2.58. The summed E-state index contributed by atoms with van der Waals surface area (Å²) in [7, 11) is 1.09. The second-order valence-corrected chi connectivity index (χ2v) is 6.73. The van der Waals surface area contributed by atoms with E-state index in [1.54, 1.807) is 0 Å². The molecule has 0 amide bonds. The van der Waals surface area contributed by atoms with Crippen molar-refractivity contribution in [3.05, 3.63) is 0 Å². The Morgan fingerprint density at radius 2 is 1.59 bits per heavy atom. The molecular formula is C6H5Cl5F3N3. The Bertz CT molecular complexity index is 326. The Balaban J connectivity index is 3.10. The lowest BCUT2D eigenvalue weighted by atomic mass is 10.4. The summed E-state index contributed by atoms with van der Waals surface area (Å²) in [5.41, 5.74) is 0. The third-order valence-electron chi connectivity index (χ3n) is 1.93. The van der Waals surface area contributed by atoms with Crippen molar-refractivity contribution in [3.8, 4) is 0 Å². The van der Waals surface area contributed by atoms with Gasteiger partial charge in [-0.2, -0.15) is 18.3 Å². The molecule has 0 spiro atoms. The molecule has 3 nitrogen and oxygen atoms in total. The molecule has 1 aliphatic rings. The SMILES string of the molecule is CN1N=CN(C(Cl)(Cl)C(Cl)(Cl)Cl)C1C(F)(F)F. The lowest BCUT2D eigenvalue weighted by Gasteiger charge is -2.40. The first kappa shape index (κ1) is 15.6. The molecule has 17 heavy (non-hydrogen) atoms. The Morgan fingerprint density at radius 3 is 1.94 bits per heavy atom. The van der Waals surface area contributed by atoms with Crippen LogP contribution in [0.3, 0.4) is 0 Å². The molecule has 0 bridgehead atoms. The van der Waals surface area contributed by atoms with Gasteiger partial charge in [-0.3, -0.25) is 9.91 Å². The molecule has 1 aliphatic heterocycles. The van der Waals surface area contributed by atoms with E-state index >= 15 is 0 Å². The fourth-order valence-electron chi connectivity index (χ4n) is 1.19. The van der Waals surface area contributed by atoms with Gasteiger partial charge in [-0.15, -0.1) is 0 Å². The molecule has 1 unspecified atom stereocenters. The van der Waals surface area contributed by atoms with Gasteiger partial charge >= 0.3 is 6.18 Å². The van der Waals surface area contributed by atoms with Crippen LogP contribution in [0.1, 0.15) is 0 Å². The second kappa shape index (κ2) is 4.56. The second-order valence-electron chi connectivity index (χ2n) is 3.17. The quantitative estimate of drug-likeness (QED) is 0.530. The highest BCUT2D eigenvalue weighted by atomic mass is 35.6. The Labute approximate surface area is 120 Å². The number of rotatable bonds is 1. The first-order valence-corrected chi connectivity index (χ1v) is 5.84. The molecular weight excluding hydrogens is 348 g/mol. The molecule has 1 heterocycles. The van der Waals surface area contributed by atoms with Gasteiger partial charge in [0.2, 0.25) is 14.4 Å². The average molecular weight is 353 g/mol. The number of alkyl halides is 8. The minimum atomic E-state index is -4.67.